The first-order valence-corrected chi connectivity index (χ1v) is 11.0. The van der Waals surface area contributed by atoms with Crippen LogP contribution < -0.4 is 4.74 Å². The van der Waals surface area contributed by atoms with E-state index in [4.69, 9.17) is 4.74 Å². The Hall–Kier alpha value is -2.85. The minimum atomic E-state index is -0.197. The number of benzene rings is 2. The molecule has 0 fully saturated rings. The number of aromatic amines is 1. The van der Waals surface area contributed by atoms with E-state index in [1.165, 1.54) is 23.1 Å². The number of nitrogens with zero attached hydrogens (tertiary/aromatic N) is 1. The van der Waals surface area contributed by atoms with Gasteiger partial charge in [0.1, 0.15) is 5.75 Å². The third-order valence-electron chi connectivity index (χ3n) is 5.87. The molecule has 30 heavy (non-hydrogen) atoms. The summed E-state index contributed by atoms with van der Waals surface area (Å²) in [6, 6.07) is 16.5. The Morgan fingerprint density at radius 3 is 2.77 bits per heavy atom. The van der Waals surface area contributed by atoms with Crippen LogP contribution in [0.2, 0.25) is 0 Å². The fourth-order valence-electron chi connectivity index (χ4n) is 4.11. The third kappa shape index (κ3) is 5.00. The number of hydrogen-bond acceptors (Lipinski definition) is 3. The lowest BCUT2D eigenvalue weighted by atomic mass is 9.99. The van der Waals surface area contributed by atoms with Crippen LogP contribution in [0.1, 0.15) is 43.7 Å². The minimum absolute atomic E-state index is 0.197. The molecule has 0 amide bonds. The maximum atomic E-state index is 11.6. The fourth-order valence-corrected chi connectivity index (χ4v) is 4.11. The van der Waals surface area contributed by atoms with Crippen LogP contribution >= 0.6 is 0 Å². The number of nitrogens with one attached hydrogen (secondary N) is 1. The number of rotatable bonds is 8. The van der Waals surface area contributed by atoms with Gasteiger partial charge in [0.25, 0.3) is 0 Å². The first-order chi connectivity index (χ1) is 14.7. The number of carbonyl (C=O) groups excluding carboxylic acids is 1. The maximum Gasteiger partial charge on any atom is 0.310 e. The fraction of sp³-hybridized carbons (Fsp3) is 0.346. The average molecular weight is 403 g/mol. The molecule has 0 bridgehead atoms. The summed E-state index contributed by atoms with van der Waals surface area (Å²) in [4.78, 5) is 17.4. The van der Waals surface area contributed by atoms with Gasteiger partial charge in [-0.15, -0.1) is 0 Å². The molecule has 0 radical (unpaired) electrons. The number of aromatic nitrogens is 1. The molecular weight excluding hydrogens is 372 g/mol. The molecule has 0 unspecified atom stereocenters. The quantitative estimate of drug-likeness (QED) is 0.303. The molecule has 2 aromatic carbocycles. The molecule has 4 nitrogen and oxygen atoms in total. The topological polar surface area (TPSA) is 45.3 Å². The van der Waals surface area contributed by atoms with Gasteiger partial charge in [-0.25, -0.2) is 0 Å². The zero-order valence-electron chi connectivity index (χ0n) is 17.7. The monoisotopic (exact) mass is 402 g/mol. The van der Waals surface area contributed by atoms with E-state index in [9.17, 15) is 4.79 Å². The Bertz CT molecular complexity index is 1020. The van der Waals surface area contributed by atoms with Crippen molar-refractivity contribution in [1.29, 1.82) is 0 Å². The molecule has 1 aliphatic heterocycles. The number of carbonyl (C=O) groups is 1. The molecule has 156 valence electrons. The molecule has 4 heteroatoms. The molecule has 0 aliphatic carbocycles. The Labute approximate surface area is 178 Å². The van der Waals surface area contributed by atoms with Crippen LogP contribution in [-0.4, -0.2) is 35.5 Å². The highest BCUT2D eigenvalue weighted by molar-refractivity contribution is 5.85. The van der Waals surface area contributed by atoms with E-state index >= 15 is 0 Å². The molecule has 1 aromatic heterocycles. The Morgan fingerprint density at radius 2 is 2.00 bits per heavy atom. The summed E-state index contributed by atoms with van der Waals surface area (Å²) in [5, 5.41) is 1.16. The Kier molecular flexibility index (Phi) is 6.65. The summed E-state index contributed by atoms with van der Waals surface area (Å²) in [6.07, 6.45) is 9.36. The van der Waals surface area contributed by atoms with E-state index < -0.39 is 0 Å². The number of ether oxygens (including phenoxy) is 1. The van der Waals surface area contributed by atoms with E-state index in [2.05, 4.69) is 52.5 Å². The molecule has 0 atom stereocenters. The van der Waals surface area contributed by atoms with E-state index in [0.717, 1.165) is 49.8 Å². The SMILES string of the molecule is CCC(=O)Oc1ccc2[nH]cc(CCCCN3CC=C(c4ccccc4)CC3)c2c1. The second-order valence-corrected chi connectivity index (χ2v) is 7.95. The van der Waals surface area contributed by atoms with Crippen LogP contribution in [0.25, 0.3) is 16.5 Å². The average Bonchev–Trinajstić information content (AvgIpc) is 3.20. The molecule has 1 N–H and O–H groups in total. The summed E-state index contributed by atoms with van der Waals surface area (Å²) in [7, 11) is 0. The van der Waals surface area contributed by atoms with Gasteiger partial charge in [0.15, 0.2) is 0 Å². The van der Waals surface area contributed by atoms with Crippen LogP contribution in [0.5, 0.6) is 5.75 Å². The second kappa shape index (κ2) is 9.77. The van der Waals surface area contributed by atoms with Crippen LogP contribution in [0, 0.1) is 0 Å². The molecular formula is C26H30N2O2. The molecule has 3 aromatic rings. The number of hydrogen-bond donors (Lipinski definition) is 1. The number of unbranched alkanes of at least 4 members (excludes halogenated alkanes) is 1. The largest absolute Gasteiger partial charge is 0.427 e. The predicted octanol–water partition coefficient (Wildman–Crippen LogP) is 5.60. The number of H-pyrrole nitrogens is 1. The van der Waals surface area contributed by atoms with Gasteiger partial charge >= 0.3 is 5.97 Å². The van der Waals surface area contributed by atoms with Crippen molar-refractivity contribution in [2.24, 2.45) is 0 Å². The standard InChI is InChI=1S/C26H30N2O2/c1-2-26(29)30-23-11-12-25-24(18-23)22(19-27-25)10-6-7-15-28-16-13-21(14-17-28)20-8-4-3-5-9-20/h3-5,8-9,11-13,18-19,27H,2,6-7,10,14-17H2,1H3. The number of aryl methyl sites for hydroxylation is 1. The summed E-state index contributed by atoms with van der Waals surface area (Å²) in [6.45, 7) is 5.13. The zero-order valence-corrected chi connectivity index (χ0v) is 17.7. The number of fused-ring (bicyclic) bond motifs is 1. The van der Waals surface area contributed by atoms with E-state index in [1.54, 1.807) is 0 Å². The van der Waals surface area contributed by atoms with Gasteiger partial charge in [-0.1, -0.05) is 43.3 Å². The molecule has 1 aliphatic rings. The Morgan fingerprint density at radius 1 is 1.13 bits per heavy atom. The zero-order chi connectivity index (χ0) is 20.8. The van der Waals surface area contributed by atoms with Gasteiger partial charge in [-0.2, -0.15) is 0 Å². The molecule has 0 spiro atoms. The first-order valence-electron chi connectivity index (χ1n) is 11.0. The highest BCUT2D eigenvalue weighted by Crippen LogP contribution is 2.26. The smallest absolute Gasteiger partial charge is 0.310 e. The Balaban J connectivity index is 1.27. The van der Waals surface area contributed by atoms with Gasteiger partial charge in [-0.3, -0.25) is 9.69 Å². The van der Waals surface area contributed by atoms with Crippen molar-refractivity contribution in [3.05, 3.63) is 71.9 Å². The maximum absolute atomic E-state index is 11.6. The van der Waals surface area contributed by atoms with E-state index in [0.29, 0.717) is 12.2 Å². The van der Waals surface area contributed by atoms with Gasteiger partial charge in [-0.05, 0) is 67.1 Å². The predicted molar refractivity (Wildman–Crippen MR) is 123 cm³/mol. The first kappa shape index (κ1) is 20.4. The highest BCUT2D eigenvalue weighted by Gasteiger charge is 2.13. The normalized spacial score (nSPS) is 14.6. The van der Waals surface area contributed by atoms with Crippen molar-refractivity contribution in [3.63, 3.8) is 0 Å². The molecule has 2 heterocycles. The van der Waals surface area contributed by atoms with E-state index in [-0.39, 0.29) is 5.97 Å². The number of esters is 1. The van der Waals surface area contributed by atoms with Crippen molar-refractivity contribution in [1.82, 2.24) is 9.88 Å². The molecule has 0 saturated carbocycles. The van der Waals surface area contributed by atoms with Gasteiger partial charge in [0.05, 0.1) is 0 Å². The van der Waals surface area contributed by atoms with Crippen LogP contribution in [0.15, 0.2) is 60.8 Å². The van der Waals surface area contributed by atoms with Crippen molar-refractivity contribution >= 4 is 22.4 Å². The lowest BCUT2D eigenvalue weighted by molar-refractivity contribution is -0.134. The van der Waals surface area contributed by atoms with Crippen molar-refractivity contribution in [3.8, 4) is 5.75 Å². The van der Waals surface area contributed by atoms with Crippen molar-refractivity contribution < 1.29 is 9.53 Å². The second-order valence-electron chi connectivity index (χ2n) is 7.95. The van der Waals surface area contributed by atoms with Crippen molar-refractivity contribution in [2.75, 3.05) is 19.6 Å². The van der Waals surface area contributed by atoms with Crippen molar-refractivity contribution in [2.45, 2.75) is 39.0 Å². The summed E-state index contributed by atoms with van der Waals surface area (Å²) < 4.78 is 5.38. The third-order valence-corrected chi connectivity index (χ3v) is 5.87. The van der Waals surface area contributed by atoms with Gasteiger partial charge in [0.2, 0.25) is 0 Å². The summed E-state index contributed by atoms with van der Waals surface area (Å²) in [5.74, 6) is 0.432. The van der Waals surface area contributed by atoms with Crippen LogP contribution in [-0.2, 0) is 11.2 Å². The van der Waals surface area contributed by atoms with E-state index in [1.807, 2.05) is 25.1 Å². The minimum Gasteiger partial charge on any atom is -0.427 e. The van der Waals surface area contributed by atoms with Crippen LogP contribution in [0.3, 0.4) is 0 Å². The van der Waals surface area contributed by atoms with Gasteiger partial charge < -0.3 is 9.72 Å². The highest BCUT2D eigenvalue weighted by atomic mass is 16.5. The summed E-state index contributed by atoms with van der Waals surface area (Å²) >= 11 is 0. The van der Waals surface area contributed by atoms with Crippen LogP contribution in [0.4, 0.5) is 0 Å². The summed E-state index contributed by atoms with van der Waals surface area (Å²) in [5.41, 5.74) is 5.23. The lowest BCUT2D eigenvalue weighted by Gasteiger charge is -2.26. The van der Waals surface area contributed by atoms with Gasteiger partial charge in [0, 0.05) is 36.6 Å². The lowest BCUT2D eigenvalue weighted by Crippen LogP contribution is -2.29. The molecule has 0 saturated heterocycles. The molecule has 4 rings (SSSR count).